The van der Waals surface area contributed by atoms with Crippen LogP contribution in [-0.2, 0) is 0 Å². The number of nitrogens with zero attached hydrogens (tertiary/aromatic N) is 1. The summed E-state index contributed by atoms with van der Waals surface area (Å²) in [5.74, 6) is -1.42. The first-order valence-electron chi connectivity index (χ1n) is 4.50. The van der Waals surface area contributed by atoms with Crippen molar-refractivity contribution in [2.45, 2.75) is 0 Å². The molecule has 2 aromatic rings. The Morgan fingerprint density at radius 2 is 1.82 bits per heavy atom. The molecule has 0 fully saturated rings. The monoisotopic (exact) mass is 363 g/mol. The molecule has 2 nitrogen and oxygen atoms in total. The van der Waals surface area contributed by atoms with Crippen molar-refractivity contribution in [3.63, 3.8) is 0 Å². The maximum absolute atomic E-state index is 13.0. The Morgan fingerprint density at radius 1 is 1.06 bits per heavy atom. The van der Waals surface area contributed by atoms with Crippen molar-refractivity contribution in [3.05, 3.63) is 51.0 Å². The molecule has 0 atom stereocenters. The third-order valence-electron chi connectivity index (χ3n) is 1.88. The van der Waals surface area contributed by atoms with Crippen LogP contribution in [0.3, 0.4) is 0 Å². The molecular weight excluding hydrogens is 360 g/mol. The van der Waals surface area contributed by atoms with E-state index in [-0.39, 0.29) is 11.6 Å². The zero-order chi connectivity index (χ0) is 12.4. The first-order valence-corrected chi connectivity index (χ1v) is 6.09. The van der Waals surface area contributed by atoms with E-state index >= 15 is 0 Å². The standard InChI is InChI=1S/C11H5Br2F2NO/c12-6-3-8(13)11(16-5-6)17-7-1-2-9(14)10(15)4-7/h1-5H. The van der Waals surface area contributed by atoms with Gasteiger partial charge in [0.15, 0.2) is 11.6 Å². The van der Waals surface area contributed by atoms with Crippen molar-refractivity contribution in [3.8, 4) is 11.6 Å². The van der Waals surface area contributed by atoms with Crippen LogP contribution in [0, 0.1) is 11.6 Å². The number of hydrogen-bond donors (Lipinski definition) is 0. The quantitative estimate of drug-likeness (QED) is 0.772. The highest BCUT2D eigenvalue weighted by Gasteiger charge is 2.08. The Labute approximate surface area is 113 Å². The Kier molecular flexibility index (Phi) is 3.73. The lowest BCUT2D eigenvalue weighted by Crippen LogP contribution is -1.91. The van der Waals surface area contributed by atoms with E-state index in [9.17, 15) is 8.78 Å². The van der Waals surface area contributed by atoms with Crippen molar-refractivity contribution >= 4 is 31.9 Å². The summed E-state index contributed by atoms with van der Waals surface area (Å²) in [6.07, 6.45) is 1.54. The summed E-state index contributed by atoms with van der Waals surface area (Å²) in [6, 6.07) is 5.03. The van der Waals surface area contributed by atoms with Gasteiger partial charge in [0.05, 0.1) is 4.47 Å². The molecule has 0 saturated heterocycles. The van der Waals surface area contributed by atoms with Gasteiger partial charge in [-0.15, -0.1) is 0 Å². The van der Waals surface area contributed by atoms with Gasteiger partial charge in [-0.25, -0.2) is 13.8 Å². The lowest BCUT2D eigenvalue weighted by Gasteiger charge is -2.06. The molecule has 0 aliphatic rings. The zero-order valence-corrected chi connectivity index (χ0v) is 11.4. The number of aromatic nitrogens is 1. The maximum Gasteiger partial charge on any atom is 0.233 e. The van der Waals surface area contributed by atoms with Crippen LogP contribution in [0.5, 0.6) is 11.6 Å². The highest BCUT2D eigenvalue weighted by molar-refractivity contribution is 9.11. The van der Waals surface area contributed by atoms with E-state index in [2.05, 4.69) is 36.8 Å². The van der Waals surface area contributed by atoms with Gasteiger partial charge in [0.2, 0.25) is 5.88 Å². The molecule has 0 amide bonds. The molecular formula is C11H5Br2F2NO. The molecule has 0 N–H and O–H groups in total. The lowest BCUT2D eigenvalue weighted by molar-refractivity contribution is 0.445. The van der Waals surface area contributed by atoms with Crippen LogP contribution in [-0.4, -0.2) is 4.98 Å². The van der Waals surface area contributed by atoms with Crippen LogP contribution >= 0.6 is 31.9 Å². The molecule has 0 bridgehead atoms. The van der Waals surface area contributed by atoms with Crippen LogP contribution in [0.15, 0.2) is 39.4 Å². The second-order valence-electron chi connectivity index (χ2n) is 3.12. The molecule has 1 aromatic heterocycles. The van der Waals surface area contributed by atoms with Gasteiger partial charge in [0, 0.05) is 16.7 Å². The van der Waals surface area contributed by atoms with Gasteiger partial charge in [-0.3, -0.25) is 0 Å². The number of hydrogen-bond acceptors (Lipinski definition) is 2. The SMILES string of the molecule is Fc1ccc(Oc2ncc(Br)cc2Br)cc1F. The molecule has 0 radical (unpaired) electrons. The lowest BCUT2D eigenvalue weighted by atomic mass is 10.3. The average Bonchev–Trinajstić information content (AvgIpc) is 2.27. The minimum atomic E-state index is -0.962. The van der Waals surface area contributed by atoms with Crippen molar-refractivity contribution < 1.29 is 13.5 Å². The van der Waals surface area contributed by atoms with Gasteiger partial charge in [-0.05, 0) is 50.1 Å². The van der Waals surface area contributed by atoms with E-state index in [1.165, 1.54) is 6.07 Å². The van der Waals surface area contributed by atoms with Crippen LogP contribution in [0.4, 0.5) is 8.78 Å². The van der Waals surface area contributed by atoms with Gasteiger partial charge in [-0.1, -0.05) is 0 Å². The van der Waals surface area contributed by atoms with Crippen molar-refractivity contribution in [1.29, 1.82) is 0 Å². The summed E-state index contributed by atoms with van der Waals surface area (Å²) in [7, 11) is 0. The van der Waals surface area contributed by atoms with Crippen LogP contribution in [0.2, 0.25) is 0 Å². The van der Waals surface area contributed by atoms with Gasteiger partial charge in [-0.2, -0.15) is 0 Å². The Balaban J connectivity index is 2.28. The van der Waals surface area contributed by atoms with E-state index < -0.39 is 11.6 Å². The fourth-order valence-corrected chi connectivity index (χ4v) is 2.20. The predicted octanol–water partition coefficient (Wildman–Crippen LogP) is 4.68. The molecule has 17 heavy (non-hydrogen) atoms. The van der Waals surface area contributed by atoms with Gasteiger partial charge in [0.25, 0.3) is 0 Å². The summed E-state index contributed by atoms with van der Waals surface area (Å²) in [4.78, 5) is 3.99. The molecule has 0 unspecified atom stereocenters. The summed E-state index contributed by atoms with van der Waals surface area (Å²) in [6.45, 7) is 0. The smallest absolute Gasteiger partial charge is 0.233 e. The van der Waals surface area contributed by atoms with E-state index in [1.54, 1.807) is 12.3 Å². The molecule has 0 saturated carbocycles. The van der Waals surface area contributed by atoms with Gasteiger partial charge >= 0.3 is 0 Å². The third-order valence-corrected chi connectivity index (χ3v) is 2.88. The van der Waals surface area contributed by atoms with Crippen LogP contribution in [0.25, 0.3) is 0 Å². The van der Waals surface area contributed by atoms with Crippen molar-refractivity contribution in [2.24, 2.45) is 0 Å². The minimum absolute atomic E-state index is 0.180. The Bertz CT molecular complexity index is 563. The number of halogens is 4. The molecule has 2 rings (SSSR count). The largest absolute Gasteiger partial charge is 0.438 e. The second kappa shape index (κ2) is 5.10. The third kappa shape index (κ3) is 3.01. The first-order chi connectivity index (χ1) is 8.06. The number of pyridine rings is 1. The number of benzene rings is 1. The summed E-state index contributed by atoms with van der Waals surface area (Å²) >= 11 is 6.50. The van der Waals surface area contributed by atoms with Crippen LogP contribution < -0.4 is 4.74 Å². The molecule has 0 spiro atoms. The first kappa shape index (κ1) is 12.4. The predicted molar refractivity (Wildman–Crippen MR) is 66.1 cm³/mol. The zero-order valence-electron chi connectivity index (χ0n) is 8.25. The van der Waals surface area contributed by atoms with E-state index in [4.69, 9.17) is 4.74 Å². The molecule has 6 heteroatoms. The normalized spacial score (nSPS) is 10.4. The summed E-state index contributed by atoms with van der Waals surface area (Å²) < 4.78 is 32.4. The van der Waals surface area contributed by atoms with Crippen molar-refractivity contribution in [1.82, 2.24) is 4.98 Å². The fourth-order valence-electron chi connectivity index (χ4n) is 1.13. The molecule has 1 heterocycles. The molecule has 88 valence electrons. The molecule has 0 aliphatic heterocycles. The Morgan fingerprint density at radius 3 is 2.47 bits per heavy atom. The highest BCUT2D eigenvalue weighted by Crippen LogP contribution is 2.29. The highest BCUT2D eigenvalue weighted by atomic mass is 79.9. The molecule has 0 aliphatic carbocycles. The Hall–Kier alpha value is -1.01. The van der Waals surface area contributed by atoms with Gasteiger partial charge < -0.3 is 4.74 Å². The minimum Gasteiger partial charge on any atom is -0.438 e. The van der Waals surface area contributed by atoms with E-state index in [0.717, 1.165) is 16.6 Å². The van der Waals surface area contributed by atoms with Crippen molar-refractivity contribution in [2.75, 3.05) is 0 Å². The second-order valence-corrected chi connectivity index (χ2v) is 4.89. The van der Waals surface area contributed by atoms with E-state index in [1.807, 2.05) is 0 Å². The average molecular weight is 365 g/mol. The van der Waals surface area contributed by atoms with E-state index in [0.29, 0.717) is 4.47 Å². The number of ether oxygens (including phenoxy) is 1. The topological polar surface area (TPSA) is 22.1 Å². The molecule has 1 aromatic carbocycles. The maximum atomic E-state index is 13.0. The van der Waals surface area contributed by atoms with Crippen LogP contribution in [0.1, 0.15) is 0 Å². The summed E-state index contributed by atoms with van der Waals surface area (Å²) in [5.41, 5.74) is 0. The fraction of sp³-hybridized carbons (Fsp3) is 0. The number of rotatable bonds is 2. The van der Waals surface area contributed by atoms with Gasteiger partial charge in [0.1, 0.15) is 5.75 Å². The summed E-state index contributed by atoms with van der Waals surface area (Å²) in [5, 5.41) is 0.